The fraction of sp³-hybridized carbons (Fsp3) is 0.476. The van der Waals surface area contributed by atoms with Crippen LogP contribution in [0.3, 0.4) is 0 Å². The second-order valence-electron chi connectivity index (χ2n) is 7.50. The number of fused-ring (bicyclic) bond motifs is 1. The van der Waals surface area contributed by atoms with E-state index in [2.05, 4.69) is 20.2 Å². The van der Waals surface area contributed by atoms with Crippen LogP contribution in [0.2, 0.25) is 0 Å². The highest BCUT2D eigenvalue weighted by Gasteiger charge is 2.22. The van der Waals surface area contributed by atoms with Crippen molar-refractivity contribution in [1.29, 1.82) is 0 Å². The van der Waals surface area contributed by atoms with Crippen molar-refractivity contribution in [2.45, 2.75) is 63.0 Å². The third kappa shape index (κ3) is 4.26. The van der Waals surface area contributed by atoms with Crippen molar-refractivity contribution < 1.29 is 4.79 Å². The Bertz CT molecular complexity index is 1110. The minimum absolute atomic E-state index is 0.107. The zero-order chi connectivity index (χ0) is 21.1. The van der Waals surface area contributed by atoms with E-state index in [1.165, 1.54) is 11.8 Å². The van der Waals surface area contributed by atoms with Crippen molar-refractivity contribution in [2.75, 3.05) is 6.54 Å². The van der Waals surface area contributed by atoms with Crippen LogP contribution in [0.4, 0.5) is 0 Å². The average molecular weight is 427 g/mol. The molecule has 1 N–H and O–H groups in total. The molecule has 2 aromatic heterocycles. The third-order valence-electron chi connectivity index (χ3n) is 5.41. The van der Waals surface area contributed by atoms with Gasteiger partial charge in [0.2, 0.25) is 5.91 Å². The number of thioether (sulfide) groups is 1. The molecule has 4 rings (SSSR count). The number of benzene rings is 1. The molecule has 0 saturated carbocycles. The van der Waals surface area contributed by atoms with E-state index in [1.54, 1.807) is 6.07 Å². The highest BCUT2D eigenvalue weighted by molar-refractivity contribution is 7.99. The first-order valence-corrected chi connectivity index (χ1v) is 11.3. The molecule has 1 saturated heterocycles. The molecule has 0 aliphatic carbocycles. The predicted molar refractivity (Wildman–Crippen MR) is 116 cm³/mol. The summed E-state index contributed by atoms with van der Waals surface area (Å²) in [6.45, 7) is 6.00. The minimum Gasteiger partial charge on any atom is -0.335 e. The van der Waals surface area contributed by atoms with Crippen molar-refractivity contribution in [3.63, 3.8) is 0 Å². The Morgan fingerprint density at radius 1 is 1.17 bits per heavy atom. The van der Waals surface area contributed by atoms with Crippen molar-refractivity contribution in [1.82, 2.24) is 29.6 Å². The number of hydrogen-bond donors (Lipinski definition) is 1. The summed E-state index contributed by atoms with van der Waals surface area (Å²) >= 11 is 1.51. The Hall–Kier alpha value is -2.68. The fourth-order valence-corrected chi connectivity index (χ4v) is 4.72. The van der Waals surface area contributed by atoms with Gasteiger partial charge in [-0.25, -0.2) is 4.98 Å². The van der Waals surface area contributed by atoms with Gasteiger partial charge in [0.1, 0.15) is 5.82 Å². The van der Waals surface area contributed by atoms with Crippen molar-refractivity contribution in [2.24, 2.45) is 0 Å². The minimum atomic E-state index is -0.139. The Morgan fingerprint density at radius 3 is 2.83 bits per heavy atom. The van der Waals surface area contributed by atoms with Crippen LogP contribution in [-0.4, -0.2) is 42.1 Å². The van der Waals surface area contributed by atoms with Crippen LogP contribution < -0.4 is 5.56 Å². The van der Waals surface area contributed by atoms with E-state index in [9.17, 15) is 9.59 Å². The molecule has 30 heavy (non-hydrogen) atoms. The normalized spacial score (nSPS) is 16.1. The Labute approximate surface area is 179 Å². The molecule has 1 aromatic carbocycles. The Kier molecular flexibility index (Phi) is 6.17. The van der Waals surface area contributed by atoms with Crippen LogP contribution in [0.15, 0.2) is 34.2 Å². The molecule has 158 valence electrons. The van der Waals surface area contributed by atoms with Gasteiger partial charge in [0.15, 0.2) is 11.0 Å². The predicted octanol–water partition coefficient (Wildman–Crippen LogP) is 3.29. The summed E-state index contributed by atoms with van der Waals surface area (Å²) in [7, 11) is 0. The second kappa shape index (κ2) is 8.99. The van der Waals surface area contributed by atoms with Gasteiger partial charge in [0.05, 0.1) is 22.7 Å². The maximum absolute atomic E-state index is 12.4. The largest absolute Gasteiger partial charge is 0.335 e. The summed E-state index contributed by atoms with van der Waals surface area (Å²) in [6, 6.07) is 7.32. The molecular formula is C21H26N6O2S. The fourth-order valence-electron chi connectivity index (χ4n) is 3.73. The smallest absolute Gasteiger partial charge is 0.258 e. The SMILES string of the molecule is CCn1c(CN2CCCCCC2=O)nnc1SC(C)c1nc2ccccc2c(=O)[nH]1. The van der Waals surface area contributed by atoms with Gasteiger partial charge in [0.25, 0.3) is 5.56 Å². The zero-order valence-electron chi connectivity index (χ0n) is 17.3. The summed E-state index contributed by atoms with van der Waals surface area (Å²) in [6.07, 6.45) is 3.70. The molecule has 0 spiro atoms. The summed E-state index contributed by atoms with van der Waals surface area (Å²) in [4.78, 5) is 34.1. The average Bonchev–Trinajstić information content (AvgIpc) is 3.01. The highest BCUT2D eigenvalue weighted by Crippen LogP contribution is 2.32. The van der Waals surface area contributed by atoms with Gasteiger partial charge in [-0.15, -0.1) is 10.2 Å². The molecule has 3 aromatic rings. The molecule has 1 aliphatic rings. The van der Waals surface area contributed by atoms with Crippen LogP contribution in [0.1, 0.15) is 56.4 Å². The van der Waals surface area contributed by atoms with Gasteiger partial charge in [-0.2, -0.15) is 0 Å². The lowest BCUT2D eigenvalue weighted by Gasteiger charge is -2.20. The van der Waals surface area contributed by atoms with Crippen molar-refractivity contribution in [3.8, 4) is 0 Å². The van der Waals surface area contributed by atoms with Crippen molar-refractivity contribution in [3.05, 3.63) is 46.3 Å². The molecule has 1 atom stereocenters. The number of likely N-dealkylation sites (tertiary alicyclic amines) is 1. The van der Waals surface area contributed by atoms with Crippen LogP contribution in [-0.2, 0) is 17.9 Å². The van der Waals surface area contributed by atoms with E-state index >= 15 is 0 Å². The molecule has 1 aliphatic heterocycles. The maximum Gasteiger partial charge on any atom is 0.258 e. The van der Waals surface area contributed by atoms with E-state index in [0.717, 1.165) is 36.8 Å². The van der Waals surface area contributed by atoms with Crippen molar-refractivity contribution >= 4 is 28.6 Å². The van der Waals surface area contributed by atoms with Gasteiger partial charge >= 0.3 is 0 Å². The van der Waals surface area contributed by atoms with Crippen LogP contribution in [0.25, 0.3) is 10.9 Å². The standard InChI is InChI=1S/C21H26N6O2S/c1-3-27-17(13-26-12-8-4-5-11-18(26)28)24-25-21(27)30-14(2)19-22-16-10-7-6-9-15(16)20(29)23-19/h6-7,9-10,14H,3-5,8,11-13H2,1-2H3,(H,22,23,29). The molecule has 0 radical (unpaired) electrons. The summed E-state index contributed by atoms with van der Waals surface area (Å²) in [5.41, 5.74) is 0.543. The van der Waals surface area contributed by atoms with E-state index in [-0.39, 0.29) is 16.7 Å². The topological polar surface area (TPSA) is 96.8 Å². The van der Waals surface area contributed by atoms with Crippen LogP contribution in [0, 0.1) is 0 Å². The molecule has 9 heteroatoms. The zero-order valence-corrected chi connectivity index (χ0v) is 18.1. The molecule has 1 unspecified atom stereocenters. The Morgan fingerprint density at radius 2 is 2.00 bits per heavy atom. The number of hydrogen-bond acceptors (Lipinski definition) is 6. The number of aromatic nitrogens is 5. The van der Waals surface area contributed by atoms with Gasteiger partial charge in [-0.3, -0.25) is 9.59 Å². The van der Waals surface area contributed by atoms with Gasteiger partial charge < -0.3 is 14.5 Å². The third-order valence-corrected chi connectivity index (χ3v) is 6.50. The molecule has 3 heterocycles. The summed E-state index contributed by atoms with van der Waals surface area (Å²) < 4.78 is 2.04. The lowest BCUT2D eigenvalue weighted by molar-refractivity contribution is -0.131. The summed E-state index contributed by atoms with van der Waals surface area (Å²) in [5, 5.41) is 9.97. The Balaban J connectivity index is 1.55. The van der Waals surface area contributed by atoms with Gasteiger partial charge in [0, 0.05) is 19.5 Å². The highest BCUT2D eigenvalue weighted by atomic mass is 32.2. The molecule has 8 nitrogen and oxygen atoms in total. The number of para-hydroxylation sites is 1. The maximum atomic E-state index is 12.4. The first-order chi connectivity index (χ1) is 14.6. The number of H-pyrrole nitrogens is 1. The van der Waals surface area contributed by atoms with Crippen LogP contribution in [0.5, 0.6) is 0 Å². The van der Waals surface area contributed by atoms with E-state index in [4.69, 9.17) is 0 Å². The first kappa shape index (κ1) is 20.6. The lowest BCUT2D eigenvalue weighted by atomic mass is 10.2. The quantitative estimate of drug-likeness (QED) is 0.608. The second-order valence-corrected chi connectivity index (χ2v) is 8.81. The van der Waals surface area contributed by atoms with E-state index in [1.807, 2.05) is 41.5 Å². The van der Waals surface area contributed by atoms with Gasteiger partial charge in [-0.1, -0.05) is 30.3 Å². The molecule has 0 bridgehead atoms. The number of nitrogens with zero attached hydrogens (tertiary/aromatic N) is 5. The first-order valence-electron chi connectivity index (χ1n) is 10.4. The molecule has 1 amide bonds. The summed E-state index contributed by atoms with van der Waals surface area (Å²) in [5.74, 6) is 1.60. The molecule has 1 fully saturated rings. The van der Waals surface area contributed by atoms with Gasteiger partial charge in [-0.05, 0) is 38.8 Å². The molecular weight excluding hydrogens is 400 g/mol. The lowest BCUT2D eigenvalue weighted by Crippen LogP contribution is -2.31. The number of carbonyl (C=O) groups is 1. The number of carbonyl (C=O) groups excluding carboxylic acids is 1. The van der Waals surface area contributed by atoms with E-state index in [0.29, 0.717) is 36.2 Å². The van der Waals surface area contributed by atoms with Crippen LogP contribution >= 0.6 is 11.8 Å². The monoisotopic (exact) mass is 426 g/mol. The number of aromatic amines is 1. The van der Waals surface area contributed by atoms with E-state index < -0.39 is 0 Å². The number of nitrogens with one attached hydrogen (secondary N) is 1. The number of amides is 1. The number of rotatable bonds is 6.